The van der Waals surface area contributed by atoms with Crippen LogP contribution in [-0.4, -0.2) is 65.8 Å². The Morgan fingerprint density at radius 2 is 2.17 bits per heavy atom. The Kier molecular flexibility index (Phi) is 7.25. The van der Waals surface area contributed by atoms with Gasteiger partial charge in [-0.05, 0) is 50.3 Å². The predicted molar refractivity (Wildman–Crippen MR) is 114 cm³/mol. The van der Waals surface area contributed by atoms with Crippen LogP contribution in [0.3, 0.4) is 0 Å². The molecule has 2 atom stereocenters. The quantitative estimate of drug-likeness (QED) is 0.291. The van der Waals surface area contributed by atoms with Crippen molar-refractivity contribution in [2.45, 2.75) is 44.7 Å². The Balaban J connectivity index is 1.71. The Morgan fingerprint density at radius 3 is 2.87 bits per heavy atom. The van der Waals surface area contributed by atoms with Gasteiger partial charge in [0.2, 0.25) is 17.8 Å². The van der Waals surface area contributed by atoms with E-state index in [0.29, 0.717) is 26.1 Å². The molecule has 2 aliphatic rings. The van der Waals surface area contributed by atoms with Crippen LogP contribution in [0.2, 0.25) is 0 Å². The molecule has 2 unspecified atom stereocenters. The van der Waals surface area contributed by atoms with Crippen LogP contribution in [-0.2, 0) is 9.59 Å². The third-order valence-corrected chi connectivity index (χ3v) is 5.40. The number of likely N-dealkylation sites (tertiary alicyclic amines) is 2. The minimum atomic E-state index is -0.644. The van der Waals surface area contributed by atoms with Gasteiger partial charge in [-0.3, -0.25) is 14.9 Å². The number of nitrogens with one attached hydrogen (secondary N) is 2. The molecule has 0 spiro atoms. The van der Waals surface area contributed by atoms with E-state index in [0.717, 1.165) is 30.5 Å². The van der Waals surface area contributed by atoms with Crippen LogP contribution in [0.4, 0.5) is 5.69 Å². The van der Waals surface area contributed by atoms with Crippen molar-refractivity contribution in [3.63, 3.8) is 0 Å². The summed E-state index contributed by atoms with van der Waals surface area (Å²) in [7, 11) is 0. The van der Waals surface area contributed by atoms with Crippen LogP contribution in [0.25, 0.3) is 0 Å². The Hall–Kier alpha value is -3.12. The number of aryl methyl sites for hydroxylation is 1. The summed E-state index contributed by atoms with van der Waals surface area (Å²) in [6.07, 6.45) is 4.87. The Morgan fingerprint density at radius 1 is 1.33 bits per heavy atom. The first-order valence-corrected chi connectivity index (χ1v) is 10.3. The van der Waals surface area contributed by atoms with Crippen molar-refractivity contribution >= 4 is 23.5 Å². The van der Waals surface area contributed by atoms with E-state index in [-0.39, 0.29) is 30.4 Å². The molecule has 0 aromatic heterocycles. The zero-order chi connectivity index (χ0) is 21.5. The van der Waals surface area contributed by atoms with E-state index in [9.17, 15) is 9.59 Å². The third-order valence-electron chi connectivity index (χ3n) is 5.40. The fraction of sp³-hybridized carbons (Fsp3) is 0.524. The van der Waals surface area contributed by atoms with E-state index in [1.54, 1.807) is 9.80 Å². The molecule has 1 aromatic rings. The molecule has 160 valence electrons. The number of carbonyl (C=O) groups excluding carboxylic acids is 2. The van der Waals surface area contributed by atoms with Crippen molar-refractivity contribution in [2.75, 3.05) is 31.5 Å². The molecule has 9 nitrogen and oxygen atoms in total. The Bertz CT molecular complexity index is 848. The molecule has 2 saturated heterocycles. The lowest BCUT2D eigenvalue weighted by Crippen LogP contribution is -2.45. The minimum absolute atomic E-state index is 0.0124. The van der Waals surface area contributed by atoms with Crippen LogP contribution in [0.1, 0.15) is 31.2 Å². The highest BCUT2D eigenvalue weighted by molar-refractivity contribution is 5.97. The molecule has 9 heteroatoms. The fourth-order valence-corrected chi connectivity index (χ4v) is 3.80. The molecule has 0 saturated carbocycles. The first-order valence-electron chi connectivity index (χ1n) is 10.3. The summed E-state index contributed by atoms with van der Waals surface area (Å²) in [6.45, 7) is 3.72. The standard InChI is InChI=1S/C21H29N7O2/c1-15-5-4-6-17(11-15)25-21(24-14-22)26-18-7-2-3-9-28(20(18)30)13-19(29)27-10-8-16(23)12-27/h4-6,11,16,18H,2-3,7-10,12-13,23H2,1H3,(H2,24,25,26). The van der Waals surface area contributed by atoms with E-state index in [4.69, 9.17) is 11.0 Å². The second-order valence-electron chi connectivity index (χ2n) is 7.87. The summed E-state index contributed by atoms with van der Waals surface area (Å²) >= 11 is 0. The van der Waals surface area contributed by atoms with Gasteiger partial charge in [0, 0.05) is 31.4 Å². The van der Waals surface area contributed by atoms with Crippen LogP contribution in [0.5, 0.6) is 0 Å². The third kappa shape index (κ3) is 5.70. The number of nitrogens with two attached hydrogens (primary N) is 1. The second-order valence-corrected chi connectivity index (χ2v) is 7.87. The molecule has 2 heterocycles. The van der Waals surface area contributed by atoms with E-state index in [1.807, 2.05) is 37.4 Å². The number of guanidine groups is 1. The Labute approximate surface area is 176 Å². The summed E-state index contributed by atoms with van der Waals surface area (Å²) in [5, 5.41) is 14.7. The van der Waals surface area contributed by atoms with Crippen molar-refractivity contribution in [1.29, 1.82) is 5.26 Å². The smallest absolute Gasteiger partial charge is 0.247 e. The molecule has 2 amide bonds. The summed E-state index contributed by atoms with van der Waals surface area (Å²) in [6, 6.07) is 7.03. The minimum Gasteiger partial charge on any atom is -0.340 e. The molecule has 30 heavy (non-hydrogen) atoms. The number of nitriles is 1. The topological polar surface area (TPSA) is 127 Å². The number of benzene rings is 1. The predicted octanol–water partition coefficient (Wildman–Crippen LogP) is 0.774. The number of amides is 2. The fourth-order valence-electron chi connectivity index (χ4n) is 3.80. The van der Waals surface area contributed by atoms with Gasteiger partial charge < -0.3 is 20.9 Å². The van der Waals surface area contributed by atoms with E-state index in [1.165, 1.54) is 0 Å². The van der Waals surface area contributed by atoms with Crippen molar-refractivity contribution in [3.8, 4) is 6.19 Å². The molecule has 1 aromatic carbocycles. The van der Waals surface area contributed by atoms with Crippen LogP contribution in [0.15, 0.2) is 29.3 Å². The van der Waals surface area contributed by atoms with Crippen molar-refractivity contribution in [1.82, 2.24) is 15.1 Å². The molecule has 4 N–H and O–H groups in total. The van der Waals surface area contributed by atoms with Gasteiger partial charge >= 0.3 is 0 Å². The summed E-state index contributed by atoms with van der Waals surface area (Å²) < 4.78 is 0. The molecule has 0 aliphatic carbocycles. The molecule has 0 bridgehead atoms. The molecular formula is C21H29N7O2. The normalized spacial score (nSPS) is 22.4. The SMILES string of the molecule is Cc1cccc(NC(=NC2CCCCN(CC(=O)N3CCC(N)C3)C2=O)NC#N)c1. The number of carbonyl (C=O) groups is 2. The van der Waals surface area contributed by atoms with Crippen molar-refractivity contribution in [3.05, 3.63) is 29.8 Å². The van der Waals surface area contributed by atoms with E-state index in [2.05, 4.69) is 15.6 Å². The van der Waals surface area contributed by atoms with Crippen molar-refractivity contribution < 1.29 is 9.59 Å². The lowest BCUT2D eigenvalue weighted by molar-refractivity contribution is -0.140. The average molecular weight is 412 g/mol. The van der Waals surface area contributed by atoms with Gasteiger partial charge in [0.05, 0.1) is 6.54 Å². The molecule has 2 aliphatic heterocycles. The second kappa shape index (κ2) is 10.1. The van der Waals surface area contributed by atoms with Gasteiger partial charge in [-0.25, -0.2) is 4.99 Å². The first-order chi connectivity index (χ1) is 14.5. The number of rotatable bonds is 4. The molecular weight excluding hydrogens is 382 g/mol. The number of nitrogens with zero attached hydrogens (tertiary/aromatic N) is 4. The average Bonchev–Trinajstić information content (AvgIpc) is 3.08. The number of hydrogen-bond donors (Lipinski definition) is 3. The maximum atomic E-state index is 13.1. The van der Waals surface area contributed by atoms with Crippen LogP contribution in [0, 0.1) is 18.4 Å². The van der Waals surface area contributed by atoms with Gasteiger partial charge in [0.15, 0.2) is 6.19 Å². The molecule has 3 rings (SSSR count). The lowest BCUT2D eigenvalue weighted by Gasteiger charge is -2.25. The van der Waals surface area contributed by atoms with Crippen LogP contribution < -0.4 is 16.4 Å². The van der Waals surface area contributed by atoms with Crippen LogP contribution >= 0.6 is 0 Å². The zero-order valence-electron chi connectivity index (χ0n) is 17.3. The highest BCUT2D eigenvalue weighted by atomic mass is 16.2. The van der Waals surface area contributed by atoms with Gasteiger partial charge in [-0.2, -0.15) is 5.26 Å². The molecule has 2 fully saturated rings. The maximum absolute atomic E-state index is 13.1. The van der Waals surface area contributed by atoms with E-state index < -0.39 is 6.04 Å². The zero-order valence-corrected chi connectivity index (χ0v) is 17.3. The summed E-state index contributed by atoms with van der Waals surface area (Å²) in [5.74, 6) is -0.0399. The highest BCUT2D eigenvalue weighted by Gasteiger charge is 2.31. The maximum Gasteiger partial charge on any atom is 0.247 e. The number of aliphatic imine (C=N–C) groups is 1. The highest BCUT2D eigenvalue weighted by Crippen LogP contribution is 2.17. The number of hydrogen-bond acceptors (Lipinski definition) is 5. The van der Waals surface area contributed by atoms with Gasteiger partial charge in [-0.1, -0.05) is 12.1 Å². The van der Waals surface area contributed by atoms with Gasteiger partial charge in [-0.15, -0.1) is 0 Å². The van der Waals surface area contributed by atoms with Gasteiger partial charge in [0.25, 0.3) is 0 Å². The monoisotopic (exact) mass is 411 g/mol. The lowest BCUT2D eigenvalue weighted by atomic mass is 10.1. The summed E-state index contributed by atoms with van der Waals surface area (Å²) in [5.41, 5.74) is 7.73. The van der Waals surface area contributed by atoms with Crippen molar-refractivity contribution in [2.24, 2.45) is 10.7 Å². The largest absolute Gasteiger partial charge is 0.340 e. The summed E-state index contributed by atoms with van der Waals surface area (Å²) in [4.78, 5) is 33.5. The first kappa shape index (κ1) is 21.6. The molecule has 0 radical (unpaired) electrons. The van der Waals surface area contributed by atoms with E-state index >= 15 is 0 Å². The van der Waals surface area contributed by atoms with Gasteiger partial charge in [0.1, 0.15) is 6.04 Å². The number of anilines is 1.